The highest BCUT2D eigenvalue weighted by molar-refractivity contribution is 5.65. The summed E-state index contributed by atoms with van der Waals surface area (Å²) in [4.78, 5) is 10.2. The molecule has 15 heavy (non-hydrogen) atoms. The molecule has 0 aliphatic rings. The Kier molecular flexibility index (Phi) is 7.98. The summed E-state index contributed by atoms with van der Waals surface area (Å²) in [6.07, 6.45) is 9.34. The fourth-order valence-corrected chi connectivity index (χ4v) is 1.36. The van der Waals surface area contributed by atoms with Gasteiger partial charge in [-0.15, -0.1) is 0 Å². The van der Waals surface area contributed by atoms with Gasteiger partial charge in [0.15, 0.2) is 0 Å². The Morgan fingerprint density at radius 1 is 1.13 bits per heavy atom. The van der Waals surface area contributed by atoms with Crippen LogP contribution in [0, 0.1) is 5.92 Å². The molecular weight excluding hydrogens is 184 g/mol. The molecule has 0 spiro atoms. The molecule has 0 rings (SSSR count). The van der Waals surface area contributed by atoms with Crippen LogP contribution in [-0.2, 0) is 4.79 Å². The molecule has 0 bridgehead atoms. The fourth-order valence-electron chi connectivity index (χ4n) is 1.36. The van der Waals surface area contributed by atoms with Gasteiger partial charge in [-0.2, -0.15) is 0 Å². The maximum Gasteiger partial charge on any atom is 0.142 e. The molecule has 86 valence electrons. The van der Waals surface area contributed by atoms with Crippen molar-refractivity contribution in [1.29, 1.82) is 0 Å². The molecular formula is C14H24O. The number of hydrogen-bond donors (Lipinski definition) is 0. The minimum absolute atomic E-state index is 0.782. The molecule has 0 saturated carbocycles. The monoisotopic (exact) mass is 208 g/mol. The third-order valence-electron chi connectivity index (χ3n) is 2.50. The summed E-state index contributed by atoms with van der Waals surface area (Å²) >= 11 is 0. The van der Waals surface area contributed by atoms with Crippen LogP contribution in [0.4, 0.5) is 0 Å². The van der Waals surface area contributed by atoms with Gasteiger partial charge in [0.2, 0.25) is 0 Å². The largest absolute Gasteiger partial charge is 0.299 e. The molecule has 0 fully saturated rings. The van der Waals surface area contributed by atoms with Crippen LogP contribution in [-0.4, -0.2) is 6.29 Å². The first kappa shape index (κ1) is 14.2. The molecule has 0 unspecified atom stereocenters. The van der Waals surface area contributed by atoms with Gasteiger partial charge in [-0.05, 0) is 51.5 Å². The van der Waals surface area contributed by atoms with E-state index in [2.05, 4.69) is 26.8 Å². The smallest absolute Gasteiger partial charge is 0.142 e. The summed E-state index contributed by atoms with van der Waals surface area (Å²) < 4.78 is 0. The molecule has 0 aliphatic heterocycles. The lowest BCUT2D eigenvalue weighted by Gasteiger charge is -2.04. The number of allylic oxidation sites excluding steroid dienone is 4. The van der Waals surface area contributed by atoms with Crippen LogP contribution in [0.3, 0.4) is 0 Å². The molecule has 0 heterocycles. The zero-order chi connectivity index (χ0) is 11.7. The molecule has 0 saturated heterocycles. The third kappa shape index (κ3) is 9.45. The van der Waals surface area contributed by atoms with Gasteiger partial charge in [-0.25, -0.2) is 0 Å². The zero-order valence-corrected chi connectivity index (χ0v) is 10.5. The average molecular weight is 208 g/mol. The lowest BCUT2D eigenvalue weighted by Crippen LogP contribution is -1.88. The van der Waals surface area contributed by atoms with Crippen molar-refractivity contribution in [1.82, 2.24) is 0 Å². The first-order valence-corrected chi connectivity index (χ1v) is 5.82. The van der Waals surface area contributed by atoms with Crippen LogP contribution in [0.15, 0.2) is 23.3 Å². The molecule has 0 N–H and O–H groups in total. The summed E-state index contributed by atoms with van der Waals surface area (Å²) in [7, 11) is 0. The quantitative estimate of drug-likeness (QED) is 0.346. The Balaban J connectivity index is 3.76. The molecule has 0 radical (unpaired) electrons. The van der Waals surface area contributed by atoms with E-state index < -0.39 is 0 Å². The van der Waals surface area contributed by atoms with Gasteiger partial charge in [0.25, 0.3) is 0 Å². The normalized spacial score (nSPS) is 13.4. The highest BCUT2D eigenvalue weighted by atomic mass is 16.1. The third-order valence-corrected chi connectivity index (χ3v) is 2.50. The van der Waals surface area contributed by atoms with E-state index in [-0.39, 0.29) is 0 Å². The van der Waals surface area contributed by atoms with Crippen LogP contribution in [0.1, 0.15) is 53.4 Å². The summed E-state index contributed by atoms with van der Waals surface area (Å²) in [6.45, 7) is 8.71. The lowest BCUT2D eigenvalue weighted by molar-refractivity contribution is -0.104. The number of hydrogen-bond acceptors (Lipinski definition) is 1. The van der Waals surface area contributed by atoms with Crippen LogP contribution in [0.2, 0.25) is 0 Å². The van der Waals surface area contributed by atoms with Crippen molar-refractivity contribution in [2.45, 2.75) is 53.4 Å². The predicted molar refractivity (Wildman–Crippen MR) is 66.9 cm³/mol. The number of rotatable bonds is 7. The number of carbonyl (C=O) groups excluding carboxylic acids is 1. The van der Waals surface area contributed by atoms with Gasteiger partial charge in [-0.3, -0.25) is 4.79 Å². The van der Waals surface area contributed by atoms with Crippen molar-refractivity contribution in [2.75, 3.05) is 0 Å². The minimum Gasteiger partial charge on any atom is -0.299 e. The molecule has 1 nitrogen and oxygen atoms in total. The zero-order valence-electron chi connectivity index (χ0n) is 10.5. The second kappa shape index (κ2) is 8.46. The average Bonchev–Trinajstić information content (AvgIpc) is 2.15. The topological polar surface area (TPSA) is 17.1 Å². The molecule has 0 aliphatic carbocycles. The van der Waals surface area contributed by atoms with Crippen molar-refractivity contribution >= 4 is 6.29 Å². The van der Waals surface area contributed by atoms with Crippen molar-refractivity contribution in [3.05, 3.63) is 23.3 Å². The molecule has 0 aromatic rings. The predicted octanol–water partition coefficient (Wildman–Crippen LogP) is 4.29. The van der Waals surface area contributed by atoms with E-state index in [1.165, 1.54) is 18.4 Å². The summed E-state index contributed by atoms with van der Waals surface area (Å²) in [6, 6.07) is 0. The standard InChI is InChI=1S/C14H24O/c1-12(2)8-9-13(3)6-5-7-14(4)10-11-15/h6,10-12H,5,7-9H2,1-4H3. The van der Waals surface area contributed by atoms with Crippen LogP contribution < -0.4 is 0 Å². The van der Waals surface area contributed by atoms with Gasteiger partial charge < -0.3 is 0 Å². The van der Waals surface area contributed by atoms with Gasteiger partial charge in [0, 0.05) is 0 Å². The van der Waals surface area contributed by atoms with Gasteiger partial charge in [0.05, 0.1) is 0 Å². The number of aldehydes is 1. The highest BCUT2D eigenvalue weighted by Crippen LogP contribution is 2.13. The van der Waals surface area contributed by atoms with Gasteiger partial charge in [0.1, 0.15) is 6.29 Å². The highest BCUT2D eigenvalue weighted by Gasteiger charge is 1.95. The van der Waals surface area contributed by atoms with E-state index in [1.54, 1.807) is 6.08 Å². The molecule has 0 aromatic carbocycles. The molecule has 0 aromatic heterocycles. The first-order chi connectivity index (χ1) is 7.06. The van der Waals surface area contributed by atoms with Crippen LogP contribution in [0.25, 0.3) is 0 Å². The van der Waals surface area contributed by atoms with Crippen molar-refractivity contribution < 1.29 is 4.79 Å². The van der Waals surface area contributed by atoms with E-state index in [4.69, 9.17) is 0 Å². The first-order valence-electron chi connectivity index (χ1n) is 5.82. The second-order valence-electron chi connectivity index (χ2n) is 4.67. The second-order valence-corrected chi connectivity index (χ2v) is 4.67. The van der Waals surface area contributed by atoms with E-state index in [0.717, 1.165) is 30.6 Å². The van der Waals surface area contributed by atoms with Crippen molar-refractivity contribution in [3.63, 3.8) is 0 Å². The minimum atomic E-state index is 0.782. The van der Waals surface area contributed by atoms with E-state index >= 15 is 0 Å². The summed E-state index contributed by atoms with van der Waals surface area (Å²) in [5, 5.41) is 0. The fraction of sp³-hybridized carbons (Fsp3) is 0.643. The SMILES string of the molecule is CC(=CC=O)CCC=C(C)CCC(C)C. The van der Waals surface area contributed by atoms with Crippen LogP contribution >= 0.6 is 0 Å². The summed E-state index contributed by atoms with van der Waals surface area (Å²) in [5.41, 5.74) is 2.64. The Labute approximate surface area is 94.3 Å². The molecule has 1 heteroatoms. The Hall–Kier alpha value is -0.850. The van der Waals surface area contributed by atoms with E-state index in [9.17, 15) is 4.79 Å². The maximum absolute atomic E-state index is 10.2. The van der Waals surface area contributed by atoms with Gasteiger partial charge in [-0.1, -0.05) is 31.1 Å². The van der Waals surface area contributed by atoms with E-state index in [1.807, 2.05) is 6.92 Å². The van der Waals surface area contributed by atoms with Gasteiger partial charge >= 0.3 is 0 Å². The van der Waals surface area contributed by atoms with Crippen molar-refractivity contribution in [3.8, 4) is 0 Å². The van der Waals surface area contributed by atoms with Crippen LogP contribution in [0.5, 0.6) is 0 Å². The Morgan fingerprint density at radius 3 is 2.33 bits per heavy atom. The van der Waals surface area contributed by atoms with E-state index in [0.29, 0.717) is 0 Å². The van der Waals surface area contributed by atoms with Crippen molar-refractivity contribution in [2.24, 2.45) is 5.92 Å². The number of carbonyl (C=O) groups is 1. The molecule has 0 atom stereocenters. The molecule has 0 amide bonds. The Bertz CT molecular complexity index is 234. The summed E-state index contributed by atoms with van der Waals surface area (Å²) in [5.74, 6) is 0.782. The maximum atomic E-state index is 10.2. The Morgan fingerprint density at radius 2 is 1.80 bits per heavy atom. The lowest BCUT2D eigenvalue weighted by atomic mass is 10.0.